The van der Waals surface area contributed by atoms with E-state index in [2.05, 4.69) is 19.9 Å². The summed E-state index contributed by atoms with van der Waals surface area (Å²) in [5, 5.41) is 59.0. The molecule has 0 atom stereocenters. The van der Waals surface area contributed by atoms with Crippen molar-refractivity contribution in [3.63, 3.8) is 0 Å². The van der Waals surface area contributed by atoms with Crippen LogP contribution in [-0.4, -0.2) is 30.3 Å². The average molecular weight is 714 g/mol. The molecule has 0 amide bonds. The summed E-state index contributed by atoms with van der Waals surface area (Å²) in [7, 11) is 0. The molecule has 21 heteroatoms. The van der Waals surface area contributed by atoms with Crippen molar-refractivity contribution in [2.45, 2.75) is 0 Å². The Morgan fingerprint density at radius 3 is 0.780 bits per heavy atom. The topological polar surface area (TPSA) is 319 Å². The van der Waals surface area contributed by atoms with Gasteiger partial charge in [0.05, 0.1) is 20.3 Å². The summed E-state index contributed by atoms with van der Waals surface area (Å²) in [6.07, 6.45) is 14.8. The van der Waals surface area contributed by atoms with E-state index in [-0.39, 0.29) is 49.4 Å². The molecule has 4 aromatic heterocycles. The number of aromatic nitrogens is 4. The van der Waals surface area contributed by atoms with Crippen molar-refractivity contribution in [1.29, 1.82) is 0 Å². The van der Waals surface area contributed by atoms with Gasteiger partial charge in [-0.15, -0.1) is 0 Å². The Bertz CT molecular complexity index is 1030. The average Bonchev–Trinajstić information content (AvgIpc) is 2.90. The number of rotatable bonds is 2. The summed E-state index contributed by atoms with van der Waals surface area (Å²) < 4.78 is 0. The third kappa shape index (κ3) is 31.1. The molecular weight excluding hydrogens is 696 g/mol. The zero-order valence-corrected chi connectivity index (χ0v) is 22.6. The Kier molecular flexibility index (Phi) is 26.2. The molecule has 2 N–H and O–H groups in total. The van der Waals surface area contributed by atoms with Crippen molar-refractivity contribution in [3.8, 4) is 22.3 Å². The van der Waals surface area contributed by atoms with Crippen molar-refractivity contribution in [1.82, 2.24) is 9.97 Å². The molecule has 4 aromatic rings. The molecule has 0 aliphatic heterocycles. The first-order chi connectivity index (χ1) is 18.9. The smallest absolute Gasteiger partial charge is 0.356 e. The summed E-state index contributed by atoms with van der Waals surface area (Å²) in [4.78, 5) is 46.9. The van der Waals surface area contributed by atoms with Crippen LogP contribution in [0.15, 0.2) is 98.1 Å². The van der Waals surface area contributed by atoms with Crippen molar-refractivity contribution >= 4 is 0 Å². The first-order valence-electron chi connectivity index (χ1n) is 9.85. The van der Waals surface area contributed by atoms with Crippen molar-refractivity contribution in [3.05, 3.63) is 159 Å². The van der Waals surface area contributed by atoms with E-state index in [0.29, 0.717) is 0 Å². The van der Waals surface area contributed by atoms with Gasteiger partial charge in [-0.1, -0.05) is 0 Å². The molecule has 41 heavy (non-hydrogen) atoms. The third-order valence-corrected chi connectivity index (χ3v) is 3.46. The monoisotopic (exact) mass is 715 g/mol. The molecule has 0 aromatic carbocycles. The minimum atomic E-state index is -1.75. The molecule has 0 aliphatic rings. The first-order valence-corrected chi connectivity index (χ1v) is 9.85. The Balaban J connectivity index is -0.000000464. The number of H-pyrrole nitrogens is 2. The molecule has 4 rings (SSSR count). The van der Waals surface area contributed by atoms with Gasteiger partial charge in [0.25, 0.3) is 0 Å². The third-order valence-electron chi connectivity index (χ3n) is 3.46. The van der Waals surface area contributed by atoms with Crippen molar-refractivity contribution < 1.29 is 79.7 Å². The number of hydrogen-bond acceptors (Lipinski definition) is 14. The predicted molar refractivity (Wildman–Crippen MR) is 134 cm³/mol. The van der Waals surface area contributed by atoms with Gasteiger partial charge in [-0.3, -0.25) is 9.97 Å². The SMILES string of the molecule is O=[N+]([O-])[O-].O=[N+]([O-])[O-].O=[N+]([O-])[O-].O=[N+]([O-])[O-].[Eu+2].c1cc(-c2cc[nH+]cc2)ccn1.c1cc(-c2cc[nH+]cc2)ccn1. The van der Waals surface area contributed by atoms with Gasteiger partial charge in [-0.05, 0) is 46.5 Å². The second-order valence-electron chi connectivity index (χ2n) is 5.94. The van der Waals surface area contributed by atoms with Crippen molar-refractivity contribution in [2.24, 2.45) is 0 Å². The van der Waals surface area contributed by atoms with Gasteiger partial charge in [0.15, 0.2) is 24.8 Å². The van der Waals surface area contributed by atoms with Crippen LogP contribution >= 0.6 is 0 Å². The van der Waals surface area contributed by atoms with Gasteiger partial charge in [0, 0.05) is 49.1 Å². The Hall–Kier alpha value is -5.02. The molecule has 0 fully saturated rings. The van der Waals surface area contributed by atoms with E-state index in [1.54, 1.807) is 24.8 Å². The standard InChI is InChI=1S/2C10H8N2.Eu.4NO3/c2*1-5-11-6-2-9(1)10-3-7-12-8-4-10;;4*2-1(3)4/h2*1-8H;;;;;/q;;+2;4*-1/p+2. The maximum Gasteiger partial charge on any atom is 2.00 e. The van der Waals surface area contributed by atoms with E-state index >= 15 is 0 Å². The zero-order chi connectivity index (χ0) is 30.8. The second-order valence-corrected chi connectivity index (χ2v) is 5.94. The quantitative estimate of drug-likeness (QED) is 0.212. The molecule has 0 spiro atoms. The minimum absolute atomic E-state index is 0. The summed E-state index contributed by atoms with van der Waals surface area (Å²) in [5.41, 5.74) is 4.80. The summed E-state index contributed by atoms with van der Waals surface area (Å²) in [5.74, 6) is 0. The summed E-state index contributed by atoms with van der Waals surface area (Å²) in [6.45, 7) is 0. The van der Waals surface area contributed by atoms with Crippen LogP contribution in [0, 0.1) is 111 Å². The van der Waals surface area contributed by atoms with Crippen LogP contribution in [0.2, 0.25) is 0 Å². The maximum atomic E-state index is 8.25. The molecule has 217 valence electrons. The molecule has 0 unspecified atom stereocenters. The fraction of sp³-hybridized carbons (Fsp3) is 0. The maximum absolute atomic E-state index is 8.25. The van der Waals surface area contributed by atoms with Gasteiger partial charge < -0.3 is 61.3 Å². The van der Waals surface area contributed by atoms with Crippen LogP contribution in [0.1, 0.15) is 0 Å². The van der Waals surface area contributed by atoms with E-state index < -0.39 is 20.3 Å². The predicted octanol–water partition coefficient (Wildman–Crippen LogP) is 2.17. The molecule has 4 heterocycles. The van der Waals surface area contributed by atoms with E-state index in [4.69, 9.17) is 61.3 Å². The first kappa shape index (κ1) is 40.5. The number of nitrogens with zero attached hydrogens (tertiary/aromatic N) is 6. The fourth-order valence-corrected chi connectivity index (χ4v) is 2.25. The molecule has 0 saturated heterocycles. The Morgan fingerprint density at radius 2 is 0.585 bits per heavy atom. The van der Waals surface area contributed by atoms with Crippen LogP contribution in [0.5, 0.6) is 0 Å². The fourth-order valence-electron chi connectivity index (χ4n) is 2.25. The minimum Gasteiger partial charge on any atom is -0.356 e. The van der Waals surface area contributed by atoms with Crippen LogP contribution in [-0.2, 0) is 0 Å². The zero-order valence-electron chi connectivity index (χ0n) is 20.2. The van der Waals surface area contributed by atoms with Crippen molar-refractivity contribution in [2.75, 3.05) is 0 Å². The Labute approximate surface area is 269 Å². The van der Waals surface area contributed by atoms with E-state index in [9.17, 15) is 0 Å². The number of hydrogen-bond donors (Lipinski definition) is 0. The molecule has 0 bridgehead atoms. The molecule has 20 nitrogen and oxygen atoms in total. The molecular formula is C20H18EuN8O12. The van der Waals surface area contributed by atoms with E-state index in [1.165, 1.54) is 22.3 Å². The van der Waals surface area contributed by atoms with E-state index in [0.717, 1.165) is 0 Å². The number of pyridine rings is 4. The summed E-state index contributed by atoms with van der Waals surface area (Å²) in [6, 6.07) is 16.1. The number of aromatic amines is 2. The number of nitrogens with one attached hydrogen (secondary N) is 2. The van der Waals surface area contributed by atoms with E-state index in [1.807, 2.05) is 73.3 Å². The van der Waals surface area contributed by atoms with Gasteiger partial charge in [-0.25, -0.2) is 9.97 Å². The molecule has 0 aliphatic carbocycles. The van der Waals surface area contributed by atoms with Gasteiger partial charge in [0.2, 0.25) is 0 Å². The van der Waals surface area contributed by atoms with Crippen LogP contribution in [0.3, 0.4) is 0 Å². The second kappa shape index (κ2) is 26.6. The van der Waals surface area contributed by atoms with Crippen LogP contribution in [0.25, 0.3) is 22.3 Å². The molecule has 0 saturated carbocycles. The summed E-state index contributed by atoms with van der Waals surface area (Å²) >= 11 is 0. The van der Waals surface area contributed by atoms with Gasteiger partial charge >= 0.3 is 49.4 Å². The van der Waals surface area contributed by atoms with Gasteiger partial charge in [-0.2, -0.15) is 0 Å². The van der Waals surface area contributed by atoms with Crippen LogP contribution in [0.4, 0.5) is 0 Å². The van der Waals surface area contributed by atoms with Crippen LogP contribution < -0.4 is 9.97 Å². The Morgan fingerprint density at radius 1 is 0.415 bits per heavy atom. The largest absolute Gasteiger partial charge is 2.00 e. The normalized spacial score (nSPS) is 8.00. The molecule has 1 radical (unpaired) electrons. The van der Waals surface area contributed by atoms with Gasteiger partial charge in [0.1, 0.15) is 0 Å².